The first kappa shape index (κ1) is 23.1. The van der Waals surface area contributed by atoms with E-state index < -0.39 is 10.0 Å². The molecule has 1 heterocycles. The Balaban J connectivity index is 1.43. The first-order valence-electron chi connectivity index (χ1n) is 10.9. The van der Waals surface area contributed by atoms with Crippen LogP contribution in [0.25, 0.3) is 0 Å². The molecule has 1 aliphatic rings. The number of benzene rings is 3. The maximum atomic E-state index is 12.7. The van der Waals surface area contributed by atoms with E-state index in [0.29, 0.717) is 5.69 Å². The number of nitrogens with zero attached hydrogens (tertiary/aromatic N) is 1. The third-order valence-electron chi connectivity index (χ3n) is 5.64. The van der Waals surface area contributed by atoms with Crippen LogP contribution in [0.1, 0.15) is 35.2 Å². The van der Waals surface area contributed by atoms with Crippen molar-refractivity contribution in [2.75, 3.05) is 28.0 Å². The van der Waals surface area contributed by atoms with Gasteiger partial charge >= 0.3 is 0 Å². The molecule has 33 heavy (non-hydrogen) atoms. The first-order valence-corrected chi connectivity index (χ1v) is 12.7. The molecule has 0 atom stereocenters. The first-order chi connectivity index (χ1) is 15.8. The molecule has 6 nitrogen and oxygen atoms in total. The molecule has 4 rings (SSSR count). The summed E-state index contributed by atoms with van der Waals surface area (Å²) < 4.78 is 27.7. The highest BCUT2D eigenvalue weighted by atomic mass is 35.5. The Morgan fingerprint density at radius 3 is 2.15 bits per heavy atom. The van der Waals surface area contributed by atoms with E-state index in [1.54, 1.807) is 12.1 Å². The van der Waals surface area contributed by atoms with Crippen LogP contribution in [0.5, 0.6) is 0 Å². The van der Waals surface area contributed by atoms with Gasteiger partial charge in [-0.15, -0.1) is 0 Å². The van der Waals surface area contributed by atoms with E-state index in [2.05, 4.69) is 14.9 Å². The number of hydrogen-bond acceptors (Lipinski definition) is 4. The van der Waals surface area contributed by atoms with Crippen molar-refractivity contribution in [3.05, 3.63) is 82.9 Å². The second-order valence-electron chi connectivity index (χ2n) is 8.16. The van der Waals surface area contributed by atoms with Crippen LogP contribution in [0.2, 0.25) is 5.02 Å². The number of amides is 1. The van der Waals surface area contributed by atoms with Crippen molar-refractivity contribution >= 4 is 44.6 Å². The summed E-state index contributed by atoms with van der Waals surface area (Å²) in [6, 6.07) is 18.8. The van der Waals surface area contributed by atoms with Gasteiger partial charge in [0.15, 0.2) is 0 Å². The quantitative estimate of drug-likeness (QED) is 0.472. The minimum atomic E-state index is -3.76. The lowest BCUT2D eigenvalue weighted by Crippen LogP contribution is -2.29. The summed E-state index contributed by atoms with van der Waals surface area (Å²) >= 11 is 6.31. The van der Waals surface area contributed by atoms with Crippen LogP contribution >= 0.6 is 11.6 Å². The van der Waals surface area contributed by atoms with Crippen molar-refractivity contribution in [3.63, 3.8) is 0 Å². The summed E-state index contributed by atoms with van der Waals surface area (Å²) in [6.45, 7) is 4.00. The molecule has 1 saturated heterocycles. The molecule has 0 saturated carbocycles. The van der Waals surface area contributed by atoms with Gasteiger partial charge in [0, 0.05) is 24.5 Å². The average Bonchev–Trinajstić information content (AvgIpc) is 2.80. The number of nitrogens with one attached hydrogen (secondary N) is 2. The van der Waals surface area contributed by atoms with Crippen LogP contribution in [0, 0.1) is 6.92 Å². The summed E-state index contributed by atoms with van der Waals surface area (Å²) in [7, 11) is -3.76. The molecule has 8 heteroatoms. The molecular weight excluding hydrogens is 458 g/mol. The molecule has 1 aliphatic heterocycles. The minimum absolute atomic E-state index is 0.152. The number of carbonyl (C=O) groups excluding carboxylic acids is 1. The van der Waals surface area contributed by atoms with E-state index in [4.69, 9.17) is 11.6 Å². The number of hydrogen-bond donors (Lipinski definition) is 2. The molecule has 0 spiro atoms. The van der Waals surface area contributed by atoms with Crippen LogP contribution in [-0.4, -0.2) is 27.4 Å². The second kappa shape index (κ2) is 9.85. The van der Waals surface area contributed by atoms with Gasteiger partial charge in [0.2, 0.25) is 0 Å². The smallest absolute Gasteiger partial charge is 0.261 e. The van der Waals surface area contributed by atoms with Gasteiger partial charge in [0.1, 0.15) is 0 Å². The van der Waals surface area contributed by atoms with Gasteiger partial charge < -0.3 is 10.2 Å². The molecule has 0 radical (unpaired) electrons. The fraction of sp³-hybridized carbons (Fsp3) is 0.240. The van der Waals surface area contributed by atoms with Gasteiger partial charge in [-0.1, -0.05) is 29.3 Å². The summed E-state index contributed by atoms with van der Waals surface area (Å²) in [5, 5.41) is 3.00. The predicted molar refractivity (Wildman–Crippen MR) is 134 cm³/mol. The van der Waals surface area contributed by atoms with Gasteiger partial charge in [-0.3, -0.25) is 9.52 Å². The Labute approximate surface area is 199 Å². The van der Waals surface area contributed by atoms with Gasteiger partial charge in [0.25, 0.3) is 15.9 Å². The number of halogens is 1. The van der Waals surface area contributed by atoms with E-state index in [9.17, 15) is 13.2 Å². The second-order valence-corrected chi connectivity index (χ2v) is 10.3. The zero-order chi connectivity index (χ0) is 23.4. The van der Waals surface area contributed by atoms with Crippen molar-refractivity contribution in [3.8, 4) is 0 Å². The lowest BCUT2D eigenvalue weighted by atomic mass is 10.1. The number of sulfonamides is 1. The molecule has 0 unspecified atom stereocenters. The lowest BCUT2D eigenvalue weighted by Gasteiger charge is -2.28. The largest absolute Gasteiger partial charge is 0.372 e. The Kier molecular flexibility index (Phi) is 6.91. The molecule has 0 bridgehead atoms. The van der Waals surface area contributed by atoms with E-state index in [-0.39, 0.29) is 27.1 Å². The third kappa shape index (κ3) is 5.67. The molecule has 172 valence electrons. The molecule has 1 amide bonds. The normalized spacial score (nSPS) is 14.1. The summed E-state index contributed by atoms with van der Waals surface area (Å²) in [5.74, 6) is -0.362. The zero-order valence-electron chi connectivity index (χ0n) is 18.3. The molecule has 0 aliphatic carbocycles. The lowest BCUT2D eigenvalue weighted by molar-refractivity contribution is 0.102. The summed E-state index contributed by atoms with van der Waals surface area (Å²) in [6.07, 6.45) is 3.68. The number of carbonyl (C=O) groups is 1. The van der Waals surface area contributed by atoms with Crippen LogP contribution in [0.15, 0.2) is 71.6 Å². The van der Waals surface area contributed by atoms with Crippen molar-refractivity contribution in [1.82, 2.24) is 0 Å². The number of piperidine rings is 1. The maximum Gasteiger partial charge on any atom is 0.261 e. The third-order valence-corrected chi connectivity index (χ3v) is 7.35. The Hall–Kier alpha value is -3.03. The van der Waals surface area contributed by atoms with Crippen LogP contribution < -0.4 is 14.9 Å². The van der Waals surface area contributed by atoms with Gasteiger partial charge in [0.05, 0.1) is 21.2 Å². The highest BCUT2D eigenvalue weighted by molar-refractivity contribution is 7.92. The Morgan fingerprint density at radius 1 is 0.879 bits per heavy atom. The molecule has 3 aromatic carbocycles. The zero-order valence-corrected chi connectivity index (χ0v) is 19.9. The fourth-order valence-corrected chi connectivity index (χ4v) is 5.12. The van der Waals surface area contributed by atoms with Gasteiger partial charge in [-0.25, -0.2) is 8.42 Å². The van der Waals surface area contributed by atoms with Crippen molar-refractivity contribution < 1.29 is 13.2 Å². The molecule has 0 aromatic heterocycles. The van der Waals surface area contributed by atoms with Crippen molar-refractivity contribution in [2.24, 2.45) is 0 Å². The molecule has 2 N–H and O–H groups in total. The van der Waals surface area contributed by atoms with Crippen molar-refractivity contribution in [2.45, 2.75) is 31.1 Å². The highest BCUT2D eigenvalue weighted by Crippen LogP contribution is 2.26. The Morgan fingerprint density at radius 2 is 1.52 bits per heavy atom. The molecule has 3 aromatic rings. The predicted octanol–water partition coefficient (Wildman–Crippen LogP) is 5.69. The number of aryl methyl sites for hydroxylation is 1. The topological polar surface area (TPSA) is 78.5 Å². The van der Waals surface area contributed by atoms with E-state index in [1.807, 2.05) is 31.2 Å². The van der Waals surface area contributed by atoms with E-state index in [0.717, 1.165) is 24.3 Å². The van der Waals surface area contributed by atoms with Crippen molar-refractivity contribution in [1.29, 1.82) is 0 Å². The van der Waals surface area contributed by atoms with Crippen LogP contribution in [0.4, 0.5) is 17.1 Å². The van der Waals surface area contributed by atoms with Gasteiger partial charge in [-0.05, 0) is 80.8 Å². The van der Waals surface area contributed by atoms with Crippen LogP contribution in [-0.2, 0) is 10.0 Å². The minimum Gasteiger partial charge on any atom is -0.372 e. The monoisotopic (exact) mass is 483 g/mol. The summed E-state index contributed by atoms with van der Waals surface area (Å²) in [5.41, 5.74) is 3.32. The summed E-state index contributed by atoms with van der Waals surface area (Å²) in [4.78, 5) is 15.2. The van der Waals surface area contributed by atoms with Crippen LogP contribution in [0.3, 0.4) is 0 Å². The van der Waals surface area contributed by atoms with E-state index in [1.165, 1.54) is 49.6 Å². The maximum absolute atomic E-state index is 12.7. The molecule has 1 fully saturated rings. The Bertz CT molecular complexity index is 1240. The fourth-order valence-electron chi connectivity index (χ4n) is 3.80. The SMILES string of the molecule is Cc1ccc(S(=O)(=O)Nc2ccc(C(=O)Nc3ccc(N4CCCCC4)cc3)c(Cl)c2)cc1. The average molecular weight is 484 g/mol. The highest BCUT2D eigenvalue weighted by Gasteiger charge is 2.17. The standard InChI is InChI=1S/C25H26ClN3O3S/c1-18-5-12-22(13-6-18)33(31,32)28-20-9-14-23(24(26)17-20)25(30)27-19-7-10-21(11-8-19)29-15-3-2-4-16-29/h5-14,17,28H,2-4,15-16H2,1H3,(H,27,30). The van der Waals surface area contributed by atoms with Gasteiger partial charge in [-0.2, -0.15) is 0 Å². The van der Waals surface area contributed by atoms with E-state index >= 15 is 0 Å². The number of rotatable bonds is 6. The molecular formula is C25H26ClN3O3S. The number of anilines is 3.